The highest BCUT2D eigenvalue weighted by Crippen LogP contribution is 2.42. The Bertz CT molecular complexity index is 289. The van der Waals surface area contributed by atoms with E-state index in [-0.39, 0.29) is 18.4 Å². The first-order valence-electron chi connectivity index (χ1n) is 7.90. The Morgan fingerprint density at radius 2 is 1.90 bits per heavy atom. The lowest BCUT2D eigenvalue weighted by molar-refractivity contribution is -0.187. The molecular weight excluding hydrogens is 267 g/mol. The summed E-state index contributed by atoms with van der Waals surface area (Å²) in [5.41, 5.74) is 0. The van der Waals surface area contributed by atoms with Gasteiger partial charge in [0.1, 0.15) is 0 Å². The minimum Gasteiger partial charge on any atom is -0.381 e. The second-order valence-electron chi connectivity index (χ2n) is 6.23. The number of hydrogen-bond donors (Lipinski definition) is 1. The second-order valence-corrected chi connectivity index (χ2v) is 6.23. The Morgan fingerprint density at radius 3 is 2.50 bits per heavy atom. The largest absolute Gasteiger partial charge is 0.391 e. The molecule has 2 nitrogen and oxygen atoms in total. The van der Waals surface area contributed by atoms with E-state index in [0.717, 1.165) is 32.4 Å². The van der Waals surface area contributed by atoms with Crippen LogP contribution in [0, 0.1) is 17.8 Å². The summed E-state index contributed by atoms with van der Waals surface area (Å²) in [7, 11) is 0. The van der Waals surface area contributed by atoms with Crippen LogP contribution in [-0.2, 0) is 4.74 Å². The third-order valence-electron chi connectivity index (χ3n) is 4.83. The quantitative estimate of drug-likeness (QED) is 0.852. The Balaban J connectivity index is 2.00. The topological polar surface area (TPSA) is 21.3 Å². The Labute approximate surface area is 119 Å². The molecule has 1 saturated carbocycles. The van der Waals surface area contributed by atoms with Crippen LogP contribution in [0.1, 0.15) is 45.4 Å². The molecule has 2 aliphatic rings. The zero-order chi connectivity index (χ0) is 14.6. The summed E-state index contributed by atoms with van der Waals surface area (Å²) >= 11 is 0. The fourth-order valence-corrected chi connectivity index (χ4v) is 3.85. The van der Waals surface area contributed by atoms with Crippen LogP contribution in [0.15, 0.2) is 0 Å². The number of hydrogen-bond acceptors (Lipinski definition) is 2. The zero-order valence-electron chi connectivity index (χ0n) is 12.2. The van der Waals surface area contributed by atoms with Gasteiger partial charge < -0.3 is 10.1 Å². The van der Waals surface area contributed by atoms with Crippen LogP contribution >= 0.6 is 0 Å². The first-order valence-corrected chi connectivity index (χ1v) is 7.90. The molecular formula is C15H26F3NO. The normalized spacial score (nSPS) is 33.9. The van der Waals surface area contributed by atoms with Gasteiger partial charge in [0.15, 0.2) is 0 Å². The predicted octanol–water partition coefficient (Wildman–Crippen LogP) is 3.76. The van der Waals surface area contributed by atoms with Gasteiger partial charge in [-0.3, -0.25) is 0 Å². The van der Waals surface area contributed by atoms with E-state index in [2.05, 4.69) is 5.32 Å². The molecule has 0 aromatic heterocycles. The van der Waals surface area contributed by atoms with Crippen molar-refractivity contribution in [3.63, 3.8) is 0 Å². The summed E-state index contributed by atoms with van der Waals surface area (Å²) in [6.07, 6.45) is 0.286. The molecule has 1 aliphatic carbocycles. The van der Waals surface area contributed by atoms with Crippen molar-refractivity contribution in [2.75, 3.05) is 19.8 Å². The minimum atomic E-state index is -4.03. The maximum Gasteiger partial charge on any atom is 0.391 e. The number of rotatable bonds is 4. The molecule has 1 N–H and O–H groups in total. The van der Waals surface area contributed by atoms with Crippen molar-refractivity contribution < 1.29 is 17.9 Å². The Morgan fingerprint density at radius 1 is 1.15 bits per heavy atom. The SMILES string of the molecule is CCNC(C1CCCOC1)C1CCCC(C(F)(F)F)C1. The van der Waals surface area contributed by atoms with E-state index >= 15 is 0 Å². The number of halogens is 3. The first kappa shape index (κ1) is 16.1. The lowest BCUT2D eigenvalue weighted by atomic mass is 9.73. The molecule has 0 radical (unpaired) electrons. The average molecular weight is 293 g/mol. The zero-order valence-corrected chi connectivity index (χ0v) is 12.2. The van der Waals surface area contributed by atoms with Crippen molar-refractivity contribution >= 4 is 0 Å². The molecule has 0 amide bonds. The van der Waals surface area contributed by atoms with Crippen LogP contribution in [0.25, 0.3) is 0 Å². The van der Waals surface area contributed by atoms with Crippen molar-refractivity contribution in [2.45, 2.75) is 57.7 Å². The summed E-state index contributed by atoms with van der Waals surface area (Å²) in [5.74, 6) is -0.588. The van der Waals surface area contributed by atoms with Crippen LogP contribution < -0.4 is 5.32 Å². The van der Waals surface area contributed by atoms with Gasteiger partial charge in [-0.2, -0.15) is 13.2 Å². The summed E-state index contributed by atoms with van der Waals surface area (Å²) in [6, 6.07) is 0.186. The fraction of sp³-hybridized carbons (Fsp3) is 1.00. The summed E-state index contributed by atoms with van der Waals surface area (Å²) in [6.45, 7) is 4.34. The molecule has 1 saturated heterocycles. The fourth-order valence-electron chi connectivity index (χ4n) is 3.85. The van der Waals surface area contributed by atoms with Crippen molar-refractivity contribution in [2.24, 2.45) is 17.8 Å². The van der Waals surface area contributed by atoms with Gasteiger partial charge in [-0.1, -0.05) is 13.3 Å². The van der Waals surface area contributed by atoms with Crippen LogP contribution in [0.5, 0.6) is 0 Å². The van der Waals surface area contributed by atoms with Gasteiger partial charge in [0, 0.05) is 12.6 Å². The number of ether oxygens (including phenoxy) is 1. The van der Waals surface area contributed by atoms with Gasteiger partial charge >= 0.3 is 6.18 Å². The lowest BCUT2D eigenvalue weighted by Gasteiger charge is -2.40. The maximum atomic E-state index is 13.0. The van der Waals surface area contributed by atoms with Crippen molar-refractivity contribution in [3.8, 4) is 0 Å². The molecule has 0 spiro atoms. The third-order valence-corrected chi connectivity index (χ3v) is 4.83. The molecule has 0 aromatic rings. The first-order chi connectivity index (χ1) is 9.52. The van der Waals surface area contributed by atoms with Gasteiger partial charge in [0.05, 0.1) is 12.5 Å². The van der Waals surface area contributed by atoms with E-state index in [1.807, 2.05) is 6.92 Å². The van der Waals surface area contributed by atoms with E-state index in [1.165, 1.54) is 0 Å². The second kappa shape index (κ2) is 7.12. The van der Waals surface area contributed by atoms with Crippen molar-refractivity contribution in [1.29, 1.82) is 0 Å². The number of nitrogens with one attached hydrogen (secondary N) is 1. The molecule has 1 heterocycles. The maximum absolute atomic E-state index is 13.0. The standard InChI is InChI=1S/C15H26F3NO/c1-2-19-14(12-6-4-8-20-10-12)11-5-3-7-13(9-11)15(16,17)18/h11-14,19H,2-10H2,1H3. The molecule has 2 fully saturated rings. The van der Waals surface area contributed by atoms with Crippen molar-refractivity contribution in [3.05, 3.63) is 0 Å². The highest BCUT2D eigenvalue weighted by molar-refractivity contribution is 4.89. The van der Waals surface area contributed by atoms with Crippen LogP contribution in [0.3, 0.4) is 0 Å². The molecule has 20 heavy (non-hydrogen) atoms. The smallest absolute Gasteiger partial charge is 0.381 e. The van der Waals surface area contributed by atoms with Crippen LogP contribution in [0.4, 0.5) is 13.2 Å². The van der Waals surface area contributed by atoms with E-state index in [4.69, 9.17) is 4.74 Å². The highest BCUT2D eigenvalue weighted by Gasteiger charge is 2.44. The van der Waals surface area contributed by atoms with Crippen molar-refractivity contribution in [1.82, 2.24) is 5.32 Å². The monoisotopic (exact) mass is 293 g/mol. The van der Waals surface area contributed by atoms with Gasteiger partial charge in [-0.15, -0.1) is 0 Å². The third kappa shape index (κ3) is 4.10. The molecule has 5 heteroatoms. The Hall–Kier alpha value is -0.290. The van der Waals surface area contributed by atoms with Crippen LogP contribution in [0.2, 0.25) is 0 Å². The van der Waals surface area contributed by atoms with Crippen LogP contribution in [-0.4, -0.2) is 32.0 Å². The molecule has 0 aromatic carbocycles. The molecule has 4 unspecified atom stereocenters. The van der Waals surface area contributed by atoms with E-state index in [9.17, 15) is 13.2 Å². The highest BCUT2D eigenvalue weighted by atomic mass is 19.4. The van der Waals surface area contributed by atoms with E-state index in [1.54, 1.807) is 0 Å². The predicted molar refractivity (Wildman–Crippen MR) is 72.5 cm³/mol. The van der Waals surface area contributed by atoms with Gasteiger partial charge in [-0.05, 0) is 50.5 Å². The molecule has 1 aliphatic heterocycles. The summed E-state index contributed by atoms with van der Waals surface area (Å²) < 4.78 is 44.4. The lowest BCUT2D eigenvalue weighted by Crippen LogP contribution is -2.47. The molecule has 2 rings (SSSR count). The minimum absolute atomic E-state index is 0.141. The van der Waals surface area contributed by atoms with Gasteiger partial charge in [-0.25, -0.2) is 0 Å². The van der Waals surface area contributed by atoms with E-state index < -0.39 is 12.1 Å². The average Bonchev–Trinajstić information content (AvgIpc) is 2.45. The summed E-state index contributed by atoms with van der Waals surface area (Å²) in [5, 5.41) is 3.45. The molecule has 118 valence electrons. The Kier molecular flexibility index (Phi) is 5.73. The molecule has 4 atom stereocenters. The number of alkyl halides is 3. The van der Waals surface area contributed by atoms with Gasteiger partial charge in [0.25, 0.3) is 0 Å². The summed E-state index contributed by atoms with van der Waals surface area (Å²) in [4.78, 5) is 0. The van der Waals surface area contributed by atoms with E-state index in [0.29, 0.717) is 25.4 Å². The van der Waals surface area contributed by atoms with Gasteiger partial charge in [0.2, 0.25) is 0 Å². The molecule has 0 bridgehead atoms.